The molecule has 1 aliphatic rings. The lowest BCUT2D eigenvalue weighted by molar-refractivity contribution is -0.131. The van der Waals surface area contributed by atoms with Crippen LogP contribution in [0, 0.1) is 0 Å². The molecule has 1 saturated heterocycles. The quantitative estimate of drug-likeness (QED) is 0.767. The number of halogens is 2. The van der Waals surface area contributed by atoms with Gasteiger partial charge in [0.25, 0.3) is 0 Å². The summed E-state index contributed by atoms with van der Waals surface area (Å²) in [6.07, 6.45) is 0.849. The smallest absolute Gasteiger partial charge is 0.387 e. The highest BCUT2D eigenvalue weighted by Crippen LogP contribution is 2.16. The van der Waals surface area contributed by atoms with Crippen molar-refractivity contribution in [1.29, 1.82) is 0 Å². The highest BCUT2D eigenvalue weighted by atomic mass is 19.3. The maximum Gasteiger partial charge on any atom is 0.387 e. The molecule has 0 radical (unpaired) electrons. The van der Waals surface area contributed by atoms with Crippen LogP contribution in [0.15, 0.2) is 24.3 Å². The minimum Gasteiger partial charge on any atom is -0.435 e. The van der Waals surface area contributed by atoms with Crippen molar-refractivity contribution in [2.75, 3.05) is 39.8 Å². The van der Waals surface area contributed by atoms with Crippen LogP contribution in [-0.2, 0) is 16.1 Å². The van der Waals surface area contributed by atoms with Crippen LogP contribution in [0.4, 0.5) is 8.78 Å². The molecule has 2 rings (SSSR count). The van der Waals surface area contributed by atoms with Gasteiger partial charge in [-0.15, -0.1) is 0 Å². The van der Waals surface area contributed by atoms with Crippen LogP contribution >= 0.6 is 0 Å². The van der Waals surface area contributed by atoms with Gasteiger partial charge < -0.3 is 14.5 Å². The zero-order chi connectivity index (χ0) is 19.1. The fraction of sp³-hybridized carbons (Fsp3) is 0.556. The molecule has 0 atom stereocenters. The van der Waals surface area contributed by atoms with Crippen molar-refractivity contribution in [1.82, 2.24) is 14.7 Å². The molecule has 26 heavy (non-hydrogen) atoms. The van der Waals surface area contributed by atoms with Crippen molar-refractivity contribution in [3.8, 4) is 5.75 Å². The van der Waals surface area contributed by atoms with E-state index in [4.69, 9.17) is 0 Å². The summed E-state index contributed by atoms with van der Waals surface area (Å²) in [6, 6.07) is 6.26. The van der Waals surface area contributed by atoms with E-state index in [0.29, 0.717) is 26.2 Å². The fourth-order valence-electron chi connectivity index (χ4n) is 2.89. The molecule has 0 aliphatic carbocycles. The molecule has 2 amide bonds. The van der Waals surface area contributed by atoms with Gasteiger partial charge in [0, 0.05) is 46.7 Å². The topological polar surface area (TPSA) is 53.1 Å². The molecule has 1 fully saturated rings. The molecule has 0 aromatic heterocycles. The van der Waals surface area contributed by atoms with E-state index in [1.165, 1.54) is 12.1 Å². The second kappa shape index (κ2) is 9.47. The molecule has 0 bridgehead atoms. The first-order valence-electron chi connectivity index (χ1n) is 8.60. The number of nitrogens with zero attached hydrogens (tertiary/aromatic N) is 3. The molecule has 1 aromatic carbocycles. The van der Waals surface area contributed by atoms with Crippen molar-refractivity contribution >= 4 is 11.8 Å². The normalized spacial score (nSPS) is 15.7. The van der Waals surface area contributed by atoms with Crippen LogP contribution in [-0.4, -0.2) is 72.9 Å². The van der Waals surface area contributed by atoms with Gasteiger partial charge >= 0.3 is 6.61 Å². The van der Waals surface area contributed by atoms with Crippen molar-refractivity contribution in [2.45, 2.75) is 26.5 Å². The zero-order valence-electron chi connectivity index (χ0n) is 15.2. The standard InChI is InChI=1S/C18H25F2N3O3/c1-14(24)23-9-3-8-22(10-11-23)13-17(25)21(2)12-15-4-6-16(7-5-15)26-18(19)20/h4-7,18H,3,8-13H2,1-2H3. The molecule has 6 nitrogen and oxygen atoms in total. The van der Waals surface area contributed by atoms with E-state index < -0.39 is 6.61 Å². The molecule has 0 spiro atoms. The lowest BCUT2D eigenvalue weighted by atomic mass is 10.2. The number of carbonyl (C=O) groups excluding carboxylic acids is 2. The number of rotatable bonds is 6. The van der Waals surface area contributed by atoms with Crippen LogP contribution < -0.4 is 4.74 Å². The van der Waals surface area contributed by atoms with Crippen molar-refractivity contribution in [3.05, 3.63) is 29.8 Å². The first kappa shape index (κ1) is 20.1. The molecule has 0 saturated carbocycles. The Bertz CT molecular complexity index is 610. The second-order valence-corrected chi connectivity index (χ2v) is 6.41. The lowest BCUT2D eigenvalue weighted by Gasteiger charge is -2.24. The van der Waals surface area contributed by atoms with E-state index in [2.05, 4.69) is 9.64 Å². The first-order chi connectivity index (χ1) is 12.3. The van der Waals surface area contributed by atoms with Gasteiger partial charge in [-0.25, -0.2) is 0 Å². The van der Waals surface area contributed by atoms with Crippen molar-refractivity contribution < 1.29 is 23.1 Å². The molecule has 1 heterocycles. The summed E-state index contributed by atoms with van der Waals surface area (Å²) in [7, 11) is 1.71. The van der Waals surface area contributed by atoms with E-state index in [9.17, 15) is 18.4 Å². The van der Waals surface area contributed by atoms with Crippen LogP contribution in [0.2, 0.25) is 0 Å². The van der Waals surface area contributed by atoms with Crippen molar-refractivity contribution in [2.24, 2.45) is 0 Å². The van der Waals surface area contributed by atoms with Gasteiger partial charge in [-0.2, -0.15) is 8.78 Å². The summed E-state index contributed by atoms with van der Waals surface area (Å²) < 4.78 is 28.6. The Morgan fingerprint density at radius 2 is 1.85 bits per heavy atom. The number of carbonyl (C=O) groups is 2. The fourth-order valence-corrected chi connectivity index (χ4v) is 2.89. The maximum atomic E-state index is 12.4. The third-order valence-electron chi connectivity index (χ3n) is 4.39. The van der Waals surface area contributed by atoms with Gasteiger partial charge in [0.05, 0.1) is 6.54 Å². The largest absolute Gasteiger partial charge is 0.435 e. The van der Waals surface area contributed by atoms with Gasteiger partial charge in [-0.1, -0.05) is 12.1 Å². The molecule has 144 valence electrons. The van der Waals surface area contributed by atoms with E-state index in [0.717, 1.165) is 25.1 Å². The molecule has 1 aromatic rings. The van der Waals surface area contributed by atoms with Gasteiger partial charge in [-0.3, -0.25) is 14.5 Å². The highest BCUT2D eigenvalue weighted by Gasteiger charge is 2.20. The Morgan fingerprint density at radius 1 is 1.15 bits per heavy atom. The lowest BCUT2D eigenvalue weighted by Crippen LogP contribution is -2.40. The molecular formula is C18H25F2N3O3. The third kappa shape index (κ3) is 6.25. The van der Waals surface area contributed by atoms with Crippen LogP contribution in [0.5, 0.6) is 5.75 Å². The zero-order valence-corrected chi connectivity index (χ0v) is 15.2. The molecule has 1 aliphatic heterocycles. The van der Waals surface area contributed by atoms with E-state index in [1.54, 1.807) is 35.9 Å². The number of ether oxygens (including phenoxy) is 1. The molecular weight excluding hydrogens is 344 g/mol. The number of likely N-dealkylation sites (N-methyl/N-ethyl adjacent to an activating group) is 1. The van der Waals surface area contributed by atoms with Crippen LogP contribution in [0.25, 0.3) is 0 Å². The summed E-state index contributed by atoms with van der Waals surface area (Å²) in [5.74, 6) is 0.140. The Labute approximate surface area is 152 Å². The molecule has 0 unspecified atom stereocenters. The monoisotopic (exact) mass is 369 g/mol. The summed E-state index contributed by atoms with van der Waals surface area (Å²) in [4.78, 5) is 29.4. The SMILES string of the molecule is CC(=O)N1CCCN(CC(=O)N(C)Cc2ccc(OC(F)F)cc2)CC1. The van der Waals surface area contributed by atoms with Gasteiger partial charge in [0.15, 0.2) is 0 Å². The van der Waals surface area contributed by atoms with E-state index in [1.807, 2.05) is 0 Å². The average Bonchev–Trinajstić information content (AvgIpc) is 2.82. The number of hydrogen-bond acceptors (Lipinski definition) is 4. The number of hydrogen-bond donors (Lipinski definition) is 0. The molecule has 8 heteroatoms. The number of amides is 2. The molecule has 0 N–H and O–H groups in total. The summed E-state index contributed by atoms with van der Waals surface area (Å²) in [5, 5.41) is 0. The predicted octanol–water partition coefficient (Wildman–Crippen LogP) is 1.80. The Kier molecular flexibility index (Phi) is 7.32. The minimum atomic E-state index is -2.85. The van der Waals surface area contributed by atoms with Gasteiger partial charge in [0.1, 0.15) is 5.75 Å². The Hall–Kier alpha value is -2.22. The van der Waals surface area contributed by atoms with Crippen LogP contribution in [0.1, 0.15) is 18.9 Å². The summed E-state index contributed by atoms with van der Waals surface area (Å²) in [5.41, 5.74) is 0.834. The predicted molar refractivity (Wildman–Crippen MR) is 92.9 cm³/mol. The van der Waals surface area contributed by atoms with E-state index in [-0.39, 0.29) is 17.6 Å². The van der Waals surface area contributed by atoms with Crippen LogP contribution in [0.3, 0.4) is 0 Å². The minimum absolute atomic E-state index is 0.0193. The second-order valence-electron chi connectivity index (χ2n) is 6.41. The summed E-state index contributed by atoms with van der Waals surface area (Å²) >= 11 is 0. The van der Waals surface area contributed by atoms with Gasteiger partial charge in [0.2, 0.25) is 11.8 Å². The highest BCUT2D eigenvalue weighted by molar-refractivity contribution is 5.78. The van der Waals surface area contributed by atoms with Gasteiger partial charge in [-0.05, 0) is 24.1 Å². The van der Waals surface area contributed by atoms with Crippen molar-refractivity contribution in [3.63, 3.8) is 0 Å². The average molecular weight is 369 g/mol. The first-order valence-corrected chi connectivity index (χ1v) is 8.60. The maximum absolute atomic E-state index is 12.4. The Balaban J connectivity index is 1.82. The summed E-state index contributed by atoms with van der Waals surface area (Å²) in [6.45, 7) is 2.22. The Morgan fingerprint density at radius 3 is 2.46 bits per heavy atom. The number of benzene rings is 1. The third-order valence-corrected chi connectivity index (χ3v) is 4.39. The van der Waals surface area contributed by atoms with E-state index >= 15 is 0 Å². The number of alkyl halides is 2.